The van der Waals surface area contributed by atoms with Crippen LogP contribution in [0.2, 0.25) is 0 Å². The summed E-state index contributed by atoms with van der Waals surface area (Å²) in [5.41, 5.74) is 5.55. The van der Waals surface area contributed by atoms with Crippen LogP contribution in [0.25, 0.3) is 16.9 Å². The summed E-state index contributed by atoms with van der Waals surface area (Å²) in [7, 11) is 0. The summed E-state index contributed by atoms with van der Waals surface area (Å²) in [5, 5.41) is 16.1. The topological polar surface area (TPSA) is 96.2 Å². The van der Waals surface area contributed by atoms with Gasteiger partial charge in [0.15, 0.2) is 11.5 Å². The number of aliphatic hydroxyl groups excluding tert-OH is 1. The van der Waals surface area contributed by atoms with Gasteiger partial charge in [0.05, 0.1) is 37.7 Å². The lowest BCUT2D eigenvalue weighted by Crippen LogP contribution is -2.36. The predicted octanol–water partition coefficient (Wildman–Crippen LogP) is 3.14. The van der Waals surface area contributed by atoms with E-state index in [1.165, 1.54) is 5.69 Å². The normalized spacial score (nSPS) is 17.7. The molecule has 2 aliphatic rings. The van der Waals surface area contributed by atoms with E-state index < -0.39 is 0 Å². The molecule has 1 saturated heterocycles. The molecule has 1 fully saturated rings. The highest BCUT2D eigenvalue weighted by Gasteiger charge is 2.19. The van der Waals surface area contributed by atoms with E-state index in [0.717, 1.165) is 60.3 Å². The van der Waals surface area contributed by atoms with Crippen LogP contribution in [0, 0.1) is 0 Å². The highest BCUT2D eigenvalue weighted by atomic mass is 16.5. The van der Waals surface area contributed by atoms with Gasteiger partial charge in [-0.05, 0) is 42.5 Å². The van der Waals surface area contributed by atoms with Crippen molar-refractivity contribution >= 4 is 28.5 Å². The molecule has 3 N–H and O–H groups in total. The highest BCUT2D eigenvalue weighted by molar-refractivity contribution is 5.76. The summed E-state index contributed by atoms with van der Waals surface area (Å²) < 4.78 is 13.2. The Bertz CT molecular complexity index is 1300. The van der Waals surface area contributed by atoms with Crippen LogP contribution in [0.5, 0.6) is 5.75 Å². The molecule has 4 heterocycles. The third kappa shape index (κ3) is 4.00. The Hall–Kier alpha value is -3.82. The van der Waals surface area contributed by atoms with Crippen LogP contribution < -0.4 is 20.3 Å². The smallest absolute Gasteiger partial charge is 0.180 e. The molecule has 0 radical (unpaired) electrons. The molecular formula is C25H26N6O3. The number of nitrogens with one attached hydrogen (secondary N) is 2. The van der Waals surface area contributed by atoms with Crippen LogP contribution in [-0.4, -0.2) is 65.0 Å². The zero-order chi connectivity index (χ0) is 22.9. The molecule has 0 spiro atoms. The molecule has 0 amide bonds. The number of imidazole rings is 1. The highest BCUT2D eigenvalue weighted by Crippen LogP contribution is 2.34. The molecule has 2 aromatic heterocycles. The molecule has 1 unspecified atom stereocenters. The fraction of sp³-hybridized carbons (Fsp3) is 0.280. The zero-order valence-electron chi connectivity index (χ0n) is 18.6. The van der Waals surface area contributed by atoms with E-state index >= 15 is 0 Å². The SMILES string of the molecule is OCC1CNc2cc(-c3cn4ccnc4c(Nc4ccc(N5CCOCC5)cc4)n3)ccc2O1. The second-order valence-corrected chi connectivity index (χ2v) is 8.42. The van der Waals surface area contributed by atoms with Gasteiger partial charge < -0.3 is 34.5 Å². The van der Waals surface area contributed by atoms with Gasteiger partial charge in [0.25, 0.3) is 0 Å². The molecule has 4 aromatic rings. The molecule has 6 rings (SSSR count). The van der Waals surface area contributed by atoms with Crippen LogP contribution in [0.1, 0.15) is 0 Å². The fourth-order valence-corrected chi connectivity index (χ4v) is 4.35. The predicted molar refractivity (Wildman–Crippen MR) is 131 cm³/mol. The number of rotatable bonds is 5. The summed E-state index contributed by atoms with van der Waals surface area (Å²) in [6, 6.07) is 14.3. The van der Waals surface area contributed by atoms with E-state index in [1.807, 2.05) is 35.0 Å². The number of anilines is 4. The van der Waals surface area contributed by atoms with E-state index in [1.54, 1.807) is 6.20 Å². The molecule has 0 saturated carbocycles. The minimum Gasteiger partial charge on any atom is -0.484 e. The molecule has 1 atom stereocenters. The average Bonchev–Trinajstić information content (AvgIpc) is 3.38. The Kier molecular flexibility index (Phi) is 5.40. The molecule has 174 valence electrons. The lowest BCUT2D eigenvalue weighted by molar-refractivity contribution is 0.120. The Labute approximate surface area is 197 Å². The van der Waals surface area contributed by atoms with Crippen molar-refractivity contribution in [2.75, 3.05) is 55.0 Å². The Morgan fingerprint density at radius 1 is 1.12 bits per heavy atom. The largest absolute Gasteiger partial charge is 0.484 e. The van der Waals surface area contributed by atoms with E-state index in [0.29, 0.717) is 12.4 Å². The van der Waals surface area contributed by atoms with Crippen LogP contribution >= 0.6 is 0 Å². The maximum atomic E-state index is 9.36. The van der Waals surface area contributed by atoms with Crippen molar-refractivity contribution < 1.29 is 14.6 Å². The summed E-state index contributed by atoms with van der Waals surface area (Å²) in [6.45, 7) is 3.89. The van der Waals surface area contributed by atoms with Crippen LogP contribution in [0.4, 0.5) is 22.9 Å². The van der Waals surface area contributed by atoms with Crippen LogP contribution in [-0.2, 0) is 4.74 Å². The number of aliphatic hydroxyl groups is 1. The first-order valence-electron chi connectivity index (χ1n) is 11.5. The molecule has 34 heavy (non-hydrogen) atoms. The fourth-order valence-electron chi connectivity index (χ4n) is 4.35. The average molecular weight is 459 g/mol. The number of benzene rings is 2. The van der Waals surface area contributed by atoms with E-state index in [-0.39, 0.29) is 12.7 Å². The van der Waals surface area contributed by atoms with E-state index in [4.69, 9.17) is 14.5 Å². The third-order valence-electron chi connectivity index (χ3n) is 6.17. The second-order valence-electron chi connectivity index (χ2n) is 8.42. The number of morpholine rings is 1. The lowest BCUT2D eigenvalue weighted by atomic mass is 10.1. The molecule has 0 bridgehead atoms. The number of aromatic nitrogens is 3. The molecule has 9 nitrogen and oxygen atoms in total. The quantitative estimate of drug-likeness (QED) is 0.420. The first-order chi connectivity index (χ1) is 16.8. The van der Waals surface area contributed by atoms with Crippen LogP contribution in [0.3, 0.4) is 0 Å². The third-order valence-corrected chi connectivity index (χ3v) is 6.17. The molecular weight excluding hydrogens is 432 g/mol. The van der Waals surface area contributed by atoms with Gasteiger partial charge in [-0.3, -0.25) is 0 Å². The Morgan fingerprint density at radius 2 is 1.97 bits per heavy atom. The van der Waals surface area contributed by atoms with Crippen molar-refractivity contribution in [2.24, 2.45) is 0 Å². The zero-order valence-corrected chi connectivity index (χ0v) is 18.6. The van der Waals surface area contributed by atoms with Crippen molar-refractivity contribution in [3.8, 4) is 17.0 Å². The molecule has 9 heteroatoms. The van der Waals surface area contributed by atoms with Crippen molar-refractivity contribution in [3.05, 3.63) is 61.1 Å². The van der Waals surface area contributed by atoms with Gasteiger partial charge in [-0.2, -0.15) is 0 Å². The van der Waals surface area contributed by atoms with Gasteiger partial charge in [0, 0.05) is 48.6 Å². The number of hydrogen-bond acceptors (Lipinski definition) is 8. The molecule has 2 aromatic carbocycles. The van der Waals surface area contributed by atoms with E-state index in [2.05, 4.69) is 44.8 Å². The van der Waals surface area contributed by atoms with Gasteiger partial charge in [0.1, 0.15) is 11.9 Å². The maximum absolute atomic E-state index is 9.36. The number of fused-ring (bicyclic) bond motifs is 2. The monoisotopic (exact) mass is 458 g/mol. The van der Waals surface area contributed by atoms with Crippen molar-refractivity contribution in [2.45, 2.75) is 6.10 Å². The summed E-state index contributed by atoms with van der Waals surface area (Å²) >= 11 is 0. The summed E-state index contributed by atoms with van der Waals surface area (Å²) in [6.07, 6.45) is 5.42. The van der Waals surface area contributed by atoms with Crippen molar-refractivity contribution in [1.82, 2.24) is 14.4 Å². The first kappa shape index (κ1) is 20.8. The second kappa shape index (κ2) is 8.85. The first-order valence-corrected chi connectivity index (χ1v) is 11.5. The Morgan fingerprint density at radius 3 is 2.79 bits per heavy atom. The van der Waals surface area contributed by atoms with Gasteiger partial charge in [-0.25, -0.2) is 9.97 Å². The minimum absolute atomic E-state index is 0.0184. The van der Waals surface area contributed by atoms with Gasteiger partial charge in [0.2, 0.25) is 0 Å². The summed E-state index contributed by atoms with van der Waals surface area (Å²) in [5.74, 6) is 1.42. The van der Waals surface area contributed by atoms with Crippen LogP contribution in [0.15, 0.2) is 61.1 Å². The molecule has 0 aliphatic carbocycles. The number of ether oxygens (including phenoxy) is 2. The van der Waals surface area contributed by atoms with Gasteiger partial charge in [-0.15, -0.1) is 0 Å². The number of hydrogen-bond donors (Lipinski definition) is 3. The molecule has 2 aliphatic heterocycles. The van der Waals surface area contributed by atoms with Crippen molar-refractivity contribution in [1.29, 1.82) is 0 Å². The van der Waals surface area contributed by atoms with Gasteiger partial charge >= 0.3 is 0 Å². The Balaban J connectivity index is 1.29. The number of nitrogens with zero attached hydrogens (tertiary/aromatic N) is 4. The standard InChI is InChI=1S/C25H26N6O3/c32-16-20-14-27-21-13-17(1-6-23(21)34-20)22-15-31-8-7-26-25(31)24(29-22)28-18-2-4-19(5-3-18)30-9-11-33-12-10-30/h1-8,13,15,20,27,32H,9-12,14,16H2,(H,28,29). The lowest BCUT2D eigenvalue weighted by Gasteiger charge is -2.28. The summed E-state index contributed by atoms with van der Waals surface area (Å²) in [4.78, 5) is 11.7. The van der Waals surface area contributed by atoms with Gasteiger partial charge in [-0.1, -0.05) is 0 Å². The van der Waals surface area contributed by atoms with E-state index in [9.17, 15) is 5.11 Å². The van der Waals surface area contributed by atoms with Crippen molar-refractivity contribution in [3.63, 3.8) is 0 Å². The maximum Gasteiger partial charge on any atom is 0.180 e. The minimum atomic E-state index is -0.232.